The minimum Gasteiger partial charge on any atom is -0.346 e. The summed E-state index contributed by atoms with van der Waals surface area (Å²) in [6.45, 7) is 2.18. The first-order valence-electron chi connectivity index (χ1n) is 6.71. The van der Waals surface area contributed by atoms with Crippen molar-refractivity contribution in [3.05, 3.63) is 70.4 Å². The molecule has 0 atom stereocenters. The van der Waals surface area contributed by atoms with Crippen LogP contribution in [0.3, 0.4) is 0 Å². The van der Waals surface area contributed by atoms with Crippen LogP contribution in [0.15, 0.2) is 42.7 Å². The maximum absolute atomic E-state index is 13.7. The molecule has 1 amide bonds. The van der Waals surface area contributed by atoms with Crippen molar-refractivity contribution in [2.75, 3.05) is 0 Å². The number of carbonyl (C=O) groups is 1. The third kappa shape index (κ3) is 2.80. The number of halogens is 2. The summed E-state index contributed by atoms with van der Waals surface area (Å²) < 4.78 is 15.5. The van der Waals surface area contributed by atoms with E-state index in [2.05, 4.69) is 10.3 Å². The van der Waals surface area contributed by atoms with Crippen molar-refractivity contribution in [2.24, 2.45) is 0 Å². The molecule has 6 heteroatoms. The highest BCUT2D eigenvalue weighted by atomic mass is 35.5. The number of pyridine rings is 1. The van der Waals surface area contributed by atoms with Gasteiger partial charge in [-0.05, 0) is 36.8 Å². The van der Waals surface area contributed by atoms with Crippen LogP contribution in [-0.4, -0.2) is 15.3 Å². The largest absolute Gasteiger partial charge is 0.346 e. The van der Waals surface area contributed by atoms with Crippen LogP contribution < -0.4 is 5.32 Å². The van der Waals surface area contributed by atoms with Crippen molar-refractivity contribution in [3.63, 3.8) is 0 Å². The zero-order chi connectivity index (χ0) is 15.7. The summed E-state index contributed by atoms with van der Waals surface area (Å²) in [5.74, 6) is -1.20. The van der Waals surface area contributed by atoms with Gasteiger partial charge in [-0.1, -0.05) is 17.7 Å². The Labute approximate surface area is 131 Å². The molecule has 4 nitrogen and oxygen atoms in total. The molecule has 3 aromatic rings. The number of carbonyl (C=O) groups excluding carboxylic acids is 1. The van der Waals surface area contributed by atoms with E-state index in [1.165, 1.54) is 18.2 Å². The second kappa shape index (κ2) is 5.77. The predicted molar refractivity (Wildman–Crippen MR) is 82.5 cm³/mol. The van der Waals surface area contributed by atoms with Crippen molar-refractivity contribution in [1.29, 1.82) is 0 Å². The van der Waals surface area contributed by atoms with E-state index in [4.69, 9.17) is 11.6 Å². The van der Waals surface area contributed by atoms with Gasteiger partial charge >= 0.3 is 0 Å². The number of nitrogens with one attached hydrogen (secondary N) is 1. The van der Waals surface area contributed by atoms with E-state index in [9.17, 15) is 9.18 Å². The normalized spacial score (nSPS) is 10.9. The molecule has 112 valence electrons. The lowest BCUT2D eigenvalue weighted by atomic mass is 10.2. The maximum atomic E-state index is 13.7. The van der Waals surface area contributed by atoms with Crippen LogP contribution in [0.4, 0.5) is 4.39 Å². The van der Waals surface area contributed by atoms with Crippen LogP contribution in [0.5, 0.6) is 0 Å². The van der Waals surface area contributed by atoms with Crippen LogP contribution >= 0.6 is 11.6 Å². The number of imidazole rings is 1. The number of aryl methyl sites for hydroxylation is 1. The highest BCUT2D eigenvalue weighted by Gasteiger charge is 2.15. The Morgan fingerprint density at radius 3 is 3.00 bits per heavy atom. The molecule has 22 heavy (non-hydrogen) atoms. The SMILES string of the molecule is Cc1ccn2cc(CNC(=O)c3c(F)cccc3Cl)nc2c1. The Morgan fingerprint density at radius 1 is 1.41 bits per heavy atom. The van der Waals surface area contributed by atoms with E-state index < -0.39 is 11.7 Å². The molecule has 2 heterocycles. The van der Waals surface area contributed by atoms with Gasteiger partial charge in [-0.25, -0.2) is 9.37 Å². The summed E-state index contributed by atoms with van der Waals surface area (Å²) in [5.41, 5.74) is 2.44. The lowest BCUT2D eigenvalue weighted by molar-refractivity contribution is 0.0946. The van der Waals surface area contributed by atoms with E-state index in [-0.39, 0.29) is 17.1 Å². The monoisotopic (exact) mass is 317 g/mol. The standard InChI is InChI=1S/C16H13ClFN3O/c1-10-5-6-21-9-11(20-14(21)7-10)8-19-16(22)15-12(17)3-2-4-13(15)18/h2-7,9H,8H2,1H3,(H,19,22). The first kappa shape index (κ1) is 14.5. The van der Waals surface area contributed by atoms with Crippen molar-refractivity contribution in [1.82, 2.24) is 14.7 Å². The summed E-state index contributed by atoms with van der Waals surface area (Å²) in [7, 11) is 0. The topological polar surface area (TPSA) is 46.4 Å². The average Bonchev–Trinajstić information content (AvgIpc) is 2.87. The Balaban J connectivity index is 1.77. The molecule has 1 N–H and O–H groups in total. The Hall–Kier alpha value is -2.40. The van der Waals surface area contributed by atoms with Crippen molar-refractivity contribution in [3.8, 4) is 0 Å². The molecule has 0 spiro atoms. The smallest absolute Gasteiger partial charge is 0.256 e. The Bertz CT molecular complexity index is 839. The summed E-state index contributed by atoms with van der Waals surface area (Å²) in [6.07, 6.45) is 3.72. The van der Waals surface area contributed by atoms with Gasteiger partial charge < -0.3 is 9.72 Å². The second-order valence-electron chi connectivity index (χ2n) is 4.98. The summed E-state index contributed by atoms with van der Waals surface area (Å²) in [5, 5.41) is 2.72. The highest BCUT2D eigenvalue weighted by Crippen LogP contribution is 2.18. The van der Waals surface area contributed by atoms with Gasteiger partial charge in [-0.15, -0.1) is 0 Å². The number of rotatable bonds is 3. The number of fused-ring (bicyclic) bond motifs is 1. The summed E-state index contributed by atoms with van der Waals surface area (Å²) in [6, 6.07) is 8.05. The van der Waals surface area contributed by atoms with Crippen molar-refractivity contribution in [2.45, 2.75) is 13.5 Å². The second-order valence-corrected chi connectivity index (χ2v) is 5.39. The molecule has 0 bridgehead atoms. The van der Waals surface area contributed by atoms with Crippen LogP contribution in [0.25, 0.3) is 5.65 Å². The van der Waals surface area contributed by atoms with E-state index in [1.807, 2.05) is 35.9 Å². The number of nitrogens with zero attached hydrogens (tertiary/aromatic N) is 2. The third-order valence-electron chi connectivity index (χ3n) is 3.29. The van der Waals surface area contributed by atoms with E-state index in [0.29, 0.717) is 5.69 Å². The van der Waals surface area contributed by atoms with Crippen LogP contribution in [0.1, 0.15) is 21.6 Å². The first-order valence-corrected chi connectivity index (χ1v) is 7.09. The predicted octanol–water partition coefficient (Wildman–Crippen LogP) is 3.37. The maximum Gasteiger partial charge on any atom is 0.256 e. The first-order chi connectivity index (χ1) is 10.5. The number of hydrogen-bond acceptors (Lipinski definition) is 2. The molecule has 0 aliphatic carbocycles. The van der Waals surface area contributed by atoms with Gasteiger partial charge in [0.25, 0.3) is 5.91 Å². The van der Waals surface area contributed by atoms with E-state index >= 15 is 0 Å². The number of amides is 1. The fourth-order valence-electron chi connectivity index (χ4n) is 2.20. The van der Waals surface area contributed by atoms with Crippen molar-refractivity contribution >= 4 is 23.2 Å². The van der Waals surface area contributed by atoms with Gasteiger partial charge in [-0.3, -0.25) is 4.79 Å². The van der Waals surface area contributed by atoms with Gasteiger partial charge in [0.2, 0.25) is 0 Å². The van der Waals surface area contributed by atoms with Gasteiger partial charge in [0.15, 0.2) is 0 Å². The van der Waals surface area contributed by atoms with Crippen LogP contribution in [0, 0.1) is 12.7 Å². The van der Waals surface area contributed by atoms with E-state index in [1.54, 1.807) is 0 Å². The van der Waals surface area contributed by atoms with Gasteiger partial charge in [0.1, 0.15) is 11.5 Å². The number of benzene rings is 1. The van der Waals surface area contributed by atoms with E-state index in [0.717, 1.165) is 11.2 Å². The average molecular weight is 318 g/mol. The molecule has 3 rings (SSSR count). The van der Waals surface area contributed by atoms with Crippen molar-refractivity contribution < 1.29 is 9.18 Å². The fraction of sp³-hybridized carbons (Fsp3) is 0.125. The van der Waals surface area contributed by atoms with Gasteiger partial charge in [0.05, 0.1) is 22.8 Å². The molecule has 2 aromatic heterocycles. The quantitative estimate of drug-likeness (QED) is 0.805. The molecule has 0 aliphatic heterocycles. The molecule has 0 saturated carbocycles. The molecule has 0 fully saturated rings. The number of hydrogen-bond donors (Lipinski definition) is 1. The van der Waals surface area contributed by atoms with Crippen LogP contribution in [0.2, 0.25) is 5.02 Å². The molecule has 0 aliphatic rings. The fourth-order valence-corrected chi connectivity index (χ4v) is 2.44. The molecule has 0 saturated heterocycles. The minimum atomic E-state index is -0.643. The summed E-state index contributed by atoms with van der Waals surface area (Å²) in [4.78, 5) is 16.5. The zero-order valence-corrected chi connectivity index (χ0v) is 12.6. The lowest BCUT2D eigenvalue weighted by Crippen LogP contribution is -2.24. The highest BCUT2D eigenvalue weighted by molar-refractivity contribution is 6.33. The van der Waals surface area contributed by atoms with Crippen LogP contribution in [-0.2, 0) is 6.54 Å². The Kier molecular flexibility index (Phi) is 3.81. The zero-order valence-electron chi connectivity index (χ0n) is 11.8. The molecule has 1 aromatic carbocycles. The Morgan fingerprint density at radius 2 is 2.23 bits per heavy atom. The molecule has 0 radical (unpaired) electrons. The van der Waals surface area contributed by atoms with Gasteiger partial charge in [-0.2, -0.15) is 0 Å². The third-order valence-corrected chi connectivity index (χ3v) is 3.60. The van der Waals surface area contributed by atoms with Gasteiger partial charge in [0, 0.05) is 12.4 Å². The molecular formula is C16H13ClFN3O. The lowest BCUT2D eigenvalue weighted by Gasteiger charge is -2.06. The summed E-state index contributed by atoms with van der Waals surface area (Å²) >= 11 is 5.87. The minimum absolute atomic E-state index is 0.0862. The number of aromatic nitrogens is 2. The molecular weight excluding hydrogens is 305 g/mol. The molecule has 0 unspecified atom stereocenters.